The molecule has 0 saturated carbocycles. The number of esters is 2. The molecule has 1 aromatic rings. The Morgan fingerprint density at radius 3 is 2.07 bits per heavy atom. The molecule has 0 bridgehead atoms. The van der Waals surface area contributed by atoms with Gasteiger partial charge in [-0.05, 0) is 38.7 Å². The molecule has 0 aliphatic rings. The molecule has 7 heteroatoms. The Labute approximate surface area is 166 Å². The molecule has 2 unspecified atom stereocenters. The first-order chi connectivity index (χ1) is 12.8. The van der Waals surface area contributed by atoms with Crippen LogP contribution in [0.25, 0.3) is 0 Å². The second kappa shape index (κ2) is 9.68. The van der Waals surface area contributed by atoms with Gasteiger partial charge in [0.2, 0.25) is 0 Å². The minimum atomic E-state index is -2.08. The van der Waals surface area contributed by atoms with E-state index in [0.717, 1.165) is 5.56 Å². The van der Waals surface area contributed by atoms with E-state index in [2.05, 4.69) is 4.74 Å². The fraction of sp³-hybridized carbons (Fsp3) is 0.571. The van der Waals surface area contributed by atoms with Crippen molar-refractivity contribution in [3.63, 3.8) is 0 Å². The van der Waals surface area contributed by atoms with Crippen LogP contribution in [0.1, 0.15) is 53.5 Å². The summed E-state index contributed by atoms with van der Waals surface area (Å²) in [4.78, 5) is 36.8. The number of nitrogens with two attached hydrogens (primary N) is 1. The largest absolute Gasteiger partial charge is 0.516 e. The minimum absolute atomic E-state index is 0.00156. The third-order valence-corrected chi connectivity index (χ3v) is 3.69. The zero-order valence-corrected chi connectivity index (χ0v) is 17.5. The second-order valence-corrected chi connectivity index (χ2v) is 8.35. The van der Waals surface area contributed by atoms with Gasteiger partial charge in [0.25, 0.3) is 5.72 Å². The summed E-state index contributed by atoms with van der Waals surface area (Å²) in [5.74, 6) is -2.43. The average Bonchev–Trinajstić information content (AvgIpc) is 2.52. The third kappa shape index (κ3) is 8.08. The van der Waals surface area contributed by atoms with Crippen LogP contribution in [-0.2, 0) is 30.2 Å². The summed E-state index contributed by atoms with van der Waals surface area (Å²) in [5, 5.41) is 0. The normalized spacial score (nSPS) is 14.7. The number of carbonyl (C=O) groups is 3. The van der Waals surface area contributed by atoms with Gasteiger partial charge < -0.3 is 14.2 Å². The highest BCUT2D eigenvalue weighted by atomic mass is 16.8. The van der Waals surface area contributed by atoms with Crippen LogP contribution in [0.15, 0.2) is 30.3 Å². The standard InChI is InChI=1S/C21H31NO6/c1-14(2)13-21(22,18(24)26-19(25)28-20(4,5)6)27-17(23)15(3)12-16-10-8-7-9-11-16/h7-11,14-15H,12-13,22H2,1-6H3. The average molecular weight is 393 g/mol. The Balaban J connectivity index is 2.85. The quantitative estimate of drug-likeness (QED) is 0.429. The highest BCUT2D eigenvalue weighted by Crippen LogP contribution is 2.22. The molecule has 2 N–H and O–H groups in total. The molecular weight excluding hydrogens is 362 g/mol. The van der Waals surface area contributed by atoms with Gasteiger partial charge in [-0.2, -0.15) is 0 Å². The Morgan fingerprint density at radius 2 is 1.57 bits per heavy atom. The predicted molar refractivity (Wildman–Crippen MR) is 104 cm³/mol. The van der Waals surface area contributed by atoms with Crippen LogP contribution in [0.2, 0.25) is 0 Å². The molecule has 0 heterocycles. The van der Waals surface area contributed by atoms with Crippen LogP contribution in [-0.4, -0.2) is 29.4 Å². The van der Waals surface area contributed by atoms with Gasteiger partial charge >= 0.3 is 18.1 Å². The smallest absolute Gasteiger partial charge is 0.432 e. The number of ether oxygens (including phenoxy) is 3. The zero-order chi connectivity index (χ0) is 21.5. The predicted octanol–water partition coefficient (Wildman–Crippen LogP) is 3.59. The molecule has 7 nitrogen and oxygen atoms in total. The number of hydrogen-bond donors (Lipinski definition) is 1. The van der Waals surface area contributed by atoms with E-state index in [1.807, 2.05) is 44.2 Å². The van der Waals surface area contributed by atoms with E-state index in [-0.39, 0.29) is 12.3 Å². The molecular formula is C21H31NO6. The van der Waals surface area contributed by atoms with Gasteiger partial charge in [-0.15, -0.1) is 0 Å². The first-order valence-corrected chi connectivity index (χ1v) is 9.33. The monoisotopic (exact) mass is 393 g/mol. The van der Waals surface area contributed by atoms with Gasteiger partial charge in [0, 0.05) is 6.42 Å². The zero-order valence-electron chi connectivity index (χ0n) is 17.5. The molecule has 28 heavy (non-hydrogen) atoms. The minimum Gasteiger partial charge on any atom is -0.432 e. The summed E-state index contributed by atoms with van der Waals surface area (Å²) in [6.07, 6.45) is -0.763. The Morgan fingerprint density at radius 1 is 1.00 bits per heavy atom. The van der Waals surface area contributed by atoms with E-state index in [4.69, 9.17) is 15.2 Å². The van der Waals surface area contributed by atoms with Gasteiger partial charge in [0.05, 0.1) is 5.92 Å². The molecule has 0 fully saturated rings. The fourth-order valence-electron chi connectivity index (χ4n) is 2.54. The molecule has 0 saturated heterocycles. The van der Waals surface area contributed by atoms with Gasteiger partial charge in [-0.25, -0.2) is 9.59 Å². The van der Waals surface area contributed by atoms with E-state index in [9.17, 15) is 14.4 Å². The van der Waals surface area contributed by atoms with E-state index in [1.165, 1.54) is 0 Å². The van der Waals surface area contributed by atoms with Crippen LogP contribution in [0.3, 0.4) is 0 Å². The molecule has 1 aromatic carbocycles. The second-order valence-electron chi connectivity index (χ2n) is 8.35. The van der Waals surface area contributed by atoms with E-state index in [1.54, 1.807) is 27.7 Å². The van der Waals surface area contributed by atoms with Gasteiger partial charge in [0.1, 0.15) is 5.60 Å². The van der Waals surface area contributed by atoms with Crippen molar-refractivity contribution in [1.82, 2.24) is 0 Å². The van der Waals surface area contributed by atoms with Crippen molar-refractivity contribution in [2.45, 2.75) is 65.7 Å². The Kier molecular flexibility index (Phi) is 8.17. The first-order valence-electron chi connectivity index (χ1n) is 9.33. The maximum absolute atomic E-state index is 12.5. The van der Waals surface area contributed by atoms with Crippen molar-refractivity contribution < 1.29 is 28.6 Å². The Bertz CT molecular complexity index is 680. The van der Waals surface area contributed by atoms with Crippen LogP contribution in [0, 0.1) is 11.8 Å². The summed E-state index contributed by atoms with van der Waals surface area (Å²) < 4.78 is 15.0. The fourth-order valence-corrected chi connectivity index (χ4v) is 2.54. The van der Waals surface area contributed by atoms with Gasteiger partial charge in [0.15, 0.2) is 0 Å². The lowest BCUT2D eigenvalue weighted by atomic mass is 9.99. The Hall–Kier alpha value is -2.41. The van der Waals surface area contributed by atoms with Crippen molar-refractivity contribution in [3.05, 3.63) is 35.9 Å². The SMILES string of the molecule is CC(C)CC(N)(OC(=O)C(C)Cc1ccccc1)C(=O)OC(=O)OC(C)(C)C. The van der Waals surface area contributed by atoms with Crippen LogP contribution in [0.4, 0.5) is 4.79 Å². The van der Waals surface area contributed by atoms with Crippen molar-refractivity contribution in [2.24, 2.45) is 17.6 Å². The highest BCUT2D eigenvalue weighted by Gasteiger charge is 2.43. The molecule has 2 atom stereocenters. The topological polar surface area (TPSA) is 105 Å². The van der Waals surface area contributed by atoms with Crippen molar-refractivity contribution in [3.8, 4) is 0 Å². The molecule has 0 aliphatic carbocycles. The van der Waals surface area contributed by atoms with Crippen molar-refractivity contribution >= 4 is 18.1 Å². The van der Waals surface area contributed by atoms with E-state index >= 15 is 0 Å². The van der Waals surface area contributed by atoms with Crippen LogP contribution in [0.5, 0.6) is 0 Å². The summed E-state index contributed by atoms with van der Waals surface area (Å²) in [6, 6.07) is 9.41. The van der Waals surface area contributed by atoms with Crippen molar-refractivity contribution in [1.29, 1.82) is 0 Å². The van der Waals surface area contributed by atoms with Crippen molar-refractivity contribution in [2.75, 3.05) is 0 Å². The summed E-state index contributed by atoms with van der Waals surface area (Å²) in [7, 11) is 0. The first kappa shape index (κ1) is 23.6. The molecule has 0 spiro atoms. The maximum Gasteiger partial charge on any atom is 0.516 e. The number of hydrogen-bond acceptors (Lipinski definition) is 7. The lowest BCUT2D eigenvalue weighted by Crippen LogP contribution is -2.55. The molecule has 0 amide bonds. The molecule has 1 rings (SSSR count). The summed E-state index contributed by atoms with van der Waals surface area (Å²) >= 11 is 0. The molecule has 0 aliphatic heterocycles. The highest BCUT2D eigenvalue weighted by molar-refractivity contribution is 5.89. The lowest BCUT2D eigenvalue weighted by Gasteiger charge is -2.29. The molecule has 0 aromatic heterocycles. The molecule has 0 radical (unpaired) electrons. The number of carbonyl (C=O) groups excluding carboxylic acids is 3. The lowest BCUT2D eigenvalue weighted by molar-refractivity contribution is -0.185. The van der Waals surface area contributed by atoms with E-state index < -0.39 is 35.3 Å². The van der Waals surface area contributed by atoms with Crippen LogP contribution < -0.4 is 5.73 Å². The summed E-state index contributed by atoms with van der Waals surface area (Å²) in [6.45, 7) is 10.2. The van der Waals surface area contributed by atoms with Gasteiger partial charge in [-0.3, -0.25) is 10.5 Å². The maximum atomic E-state index is 12.5. The van der Waals surface area contributed by atoms with Gasteiger partial charge in [-0.1, -0.05) is 51.1 Å². The number of rotatable bonds is 7. The van der Waals surface area contributed by atoms with E-state index in [0.29, 0.717) is 6.42 Å². The van der Waals surface area contributed by atoms with Crippen LogP contribution >= 0.6 is 0 Å². The summed E-state index contributed by atoms with van der Waals surface area (Å²) in [5.41, 5.74) is 4.10. The third-order valence-electron chi connectivity index (χ3n) is 3.69. The molecule has 156 valence electrons. The number of benzene rings is 1.